The van der Waals surface area contributed by atoms with Gasteiger partial charge in [-0.1, -0.05) is 40.0 Å². The monoisotopic (exact) mass is 310 g/mol. The van der Waals surface area contributed by atoms with Crippen molar-refractivity contribution in [2.24, 2.45) is 5.41 Å². The van der Waals surface area contributed by atoms with Crippen molar-refractivity contribution in [1.82, 2.24) is 9.80 Å². The van der Waals surface area contributed by atoms with Crippen LogP contribution in [-0.2, 0) is 0 Å². The van der Waals surface area contributed by atoms with Crippen LogP contribution in [0.5, 0.6) is 0 Å². The molecule has 0 aromatic heterocycles. The van der Waals surface area contributed by atoms with E-state index >= 15 is 0 Å². The van der Waals surface area contributed by atoms with Gasteiger partial charge in [-0.3, -0.25) is 4.90 Å². The number of piperidine rings is 1. The van der Waals surface area contributed by atoms with Crippen molar-refractivity contribution in [2.45, 2.75) is 98.1 Å². The van der Waals surface area contributed by atoms with Gasteiger partial charge in [-0.2, -0.15) is 0 Å². The van der Waals surface area contributed by atoms with Crippen LogP contribution in [0.25, 0.3) is 0 Å². The Balaban J connectivity index is 2.10. The van der Waals surface area contributed by atoms with Gasteiger partial charge >= 0.3 is 0 Å². The predicted octanol–water partition coefficient (Wildman–Crippen LogP) is 5.18. The highest BCUT2D eigenvalue weighted by atomic mass is 15.2. The zero-order valence-electron chi connectivity index (χ0n) is 16.5. The standard InChI is InChI=1S/C20H42N2/c1-19(2,3)14-10-8-9-11-15-21(7)18-12-16-22(17-13-18)20(4,5)6/h18H,8-17H2,1-7H3. The molecule has 0 aromatic carbocycles. The van der Waals surface area contributed by atoms with Crippen molar-refractivity contribution < 1.29 is 0 Å². The van der Waals surface area contributed by atoms with E-state index in [0.717, 1.165) is 6.04 Å². The van der Waals surface area contributed by atoms with Crippen molar-refractivity contribution in [2.75, 3.05) is 26.7 Å². The Labute approximate surface area is 140 Å². The third kappa shape index (κ3) is 7.97. The van der Waals surface area contributed by atoms with Crippen molar-refractivity contribution in [3.8, 4) is 0 Å². The van der Waals surface area contributed by atoms with Crippen molar-refractivity contribution >= 4 is 0 Å². The molecule has 0 amide bonds. The van der Waals surface area contributed by atoms with Gasteiger partial charge in [-0.15, -0.1) is 0 Å². The van der Waals surface area contributed by atoms with E-state index < -0.39 is 0 Å². The van der Waals surface area contributed by atoms with Gasteiger partial charge in [0.2, 0.25) is 0 Å². The van der Waals surface area contributed by atoms with E-state index in [1.807, 2.05) is 0 Å². The summed E-state index contributed by atoms with van der Waals surface area (Å²) < 4.78 is 0. The molecule has 1 rings (SSSR count). The maximum atomic E-state index is 2.64. The van der Waals surface area contributed by atoms with Gasteiger partial charge in [0.25, 0.3) is 0 Å². The van der Waals surface area contributed by atoms with Crippen LogP contribution in [0.3, 0.4) is 0 Å². The van der Waals surface area contributed by atoms with E-state index in [1.54, 1.807) is 0 Å². The van der Waals surface area contributed by atoms with Crippen LogP contribution in [0.4, 0.5) is 0 Å². The summed E-state index contributed by atoms with van der Waals surface area (Å²) in [5.74, 6) is 0. The van der Waals surface area contributed by atoms with E-state index in [9.17, 15) is 0 Å². The first-order chi connectivity index (χ1) is 10.1. The number of hydrogen-bond donors (Lipinski definition) is 0. The first-order valence-corrected chi connectivity index (χ1v) is 9.55. The molecule has 0 saturated carbocycles. The van der Waals surface area contributed by atoms with Crippen LogP contribution < -0.4 is 0 Å². The molecule has 1 fully saturated rings. The molecule has 0 bridgehead atoms. The Kier molecular flexibility index (Phi) is 7.88. The van der Waals surface area contributed by atoms with E-state index in [1.165, 1.54) is 64.6 Å². The highest BCUT2D eigenvalue weighted by molar-refractivity contribution is 4.84. The molecule has 2 heteroatoms. The summed E-state index contributed by atoms with van der Waals surface area (Å²) in [4.78, 5) is 5.27. The average molecular weight is 311 g/mol. The minimum absolute atomic E-state index is 0.344. The lowest BCUT2D eigenvalue weighted by Crippen LogP contribution is -2.50. The molecule has 2 nitrogen and oxygen atoms in total. The molecule has 0 atom stereocenters. The quantitative estimate of drug-likeness (QED) is 0.598. The van der Waals surface area contributed by atoms with Crippen LogP contribution >= 0.6 is 0 Å². The molecule has 0 aromatic rings. The van der Waals surface area contributed by atoms with Gasteiger partial charge in [0.05, 0.1) is 0 Å². The average Bonchev–Trinajstić information content (AvgIpc) is 2.40. The SMILES string of the molecule is CN(CCCCCCC(C)(C)C)C1CCN(C(C)(C)C)CC1. The van der Waals surface area contributed by atoms with Crippen LogP contribution in [0.1, 0.15) is 86.5 Å². The molecular weight excluding hydrogens is 268 g/mol. The number of likely N-dealkylation sites (tertiary alicyclic amines) is 1. The third-order valence-corrected chi connectivity index (χ3v) is 5.22. The molecule has 1 aliphatic heterocycles. The second-order valence-corrected chi connectivity index (χ2v) is 9.59. The highest BCUT2D eigenvalue weighted by Gasteiger charge is 2.28. The largest absolute Gasteiger partial charge is 0.303 e. The molecule has 132 valence electrons. The van der Waals surface area contributed by atoms with Crippen LogP contribution in [0, 0.1) is 5.41 Å². The van der Waals surface area contributed by atoms with Crippen molar-refractivity contribution in [3.05, 3.63) is 0 Å². The summed E-state index contributed by atoms with van der Waals surface area (Å²) in [5, 5.41) is 0. The molecule has 0 unspecified atom stereocenters. The van der Waals surface area contributed by atoms with Gasteiger partial charge in [0.15, 0.2) is 0 Å². The van der Waals surface area contributed by atoms with E-state index in [0.29, 0.717) is 11.0 Å². The first-order valence-electron chi connectivity index (χ1n) is 9.55. The second kappa shape index (κ2) is 8.68. The Morgan fingerprint density at radius 2 is 1.41 bits per heavy atom. The van der Waals surface area contributed by atoms with Gasteiger partial charge in [-0.25, -0.2) is 0 Å². The van der Waals surface area contributed by atoms with E-state index in [2.05, 4.69) is 58.4 Å². The zero-order chi connectivity index (χ0) is 16.8. The van der Waals surface area contributed by atoms with E-state index in [-0.39, 0.29) is 0 Å². The lowest BCUT2D eigenvalue weighted by Gasteiger charge is -2.43. The Bertz CT molecular complexity index is 290. The van der Waals surface area contributed by atoms with Crippen LogP contribution in [-0.4, -0.2) is 48.1 Å². The van der Waals surface area contributed by atoms with Gasteiger partial charge < -0.3 is 4.90 Å². The fourth-order valence-corrected chi connectivity index (χ4v) is 3.53. The fraction of sp³-hybridized carbons (Fsp3) is 1.00. The van der Waals surface area contributed by atoms with Gasteiger partial charge in [-0.05, 0) is 65.5 Å². The summed E-state index contributed by atoms with van der Waals surface area (Å²) >= 11 is 0. The molecule has 1 saturated heterocycles. The minimum atomic E-state index is 0.344. The minimum Gasteiger partial charge on any atom is -0.303 e. The third-order valence-electron chi connectivity index (χ3n) is 5.22. The van der Waals surface area contributed by atoms with Gasteiger partial charge in [0.1, 0.15) is 0 Å². The number of unbranched alkanes of at least 4 members (excludes halogenated alkanes) is 3. The molecular formula is C20H42N2. The molecule has 1 heterocycles. The summed E-state index contributed by atoms with van der Waals surface area (Å²) in [7, 11) is 2.34. The van der Waals surface area contributed by atoms with E-state index in [4.69, 9.17) is 0 Å². The lowest BCUT2D eigenvalue weighted by atomic mass is 9.89. The maximum Gasteiger partial charge on any atom is 0.0125 e. The molecule has 1 aliphatic rings. The first kappa shape index (κ1) is 20.0. The smallest absolute Gasteiger partial charge is 0.0125 e. The second-order valence-electron chi connectivity index (χ2n) is 9.59. The van der Waals surface area contributed by atoms with Gasteiger partial charge in [0, 0.05) is 24.7 Å². The Morgan fingerprint density at radius 3 is 1.91 bits per heavy atom. The maximum absolute atomic E-state index is 2.64. The molecule has 0 spiro atoms. The normalized spacial score (nSPS) is 19.1. The van der Waals surface area contributed by atoms with Crippen LogP contribution in [0.15, 0.2) is 0 Å². The fourth-order valence-electron chi connectivity index (χ4n) is 3.53. The molecule has 0 N–H and O–H groups in total. The number of rotatable bonds is 7. The summed E-state index contributed by atoms with van der Waals surface area (Å²) in [6, 6.07) is 0.813. The highest BCUT2D eigenvalue weighted by Crippen LogP contribution is 2.24. The molecule has 22 heavy (non-hydrogen) atoms. The molecule has 0 radical (unpaired) electrons. The number of hydrogen-bond acceptors (Lipinski definition) is 2. The zero-order valence-corrected chi connectivity index (χ0v) is 16.5. The lowest BCUT2D eigenvalue weighted by molar-refractivity contribution is 0.0650. The Hall–Kier alpha value is -0.0800. The van der Waals surface area contributed by atoms with Crippen LogP contribution in [0.2, 0.25) is 0 Å². The summed E-state index contributed by atoms with van der Waals surface area (Å²) in [6.07, 6.45) is 9.65. The molecule has 0 aliphatic carbocycles. The summed E-state index contributed by atoms with van der Waals surface area (Å²) in [5.41, 5.74) is 0.856. The Morgan fingerprint density at radius 1 is 0.864 bits per heavy atom. The summed E-state index contributed by atoms with van der Waals surface area (Å²) in [6.45, 7) is 17.9. The van der Waals surface area contributed by atoms with Crippen molar-refractivity contribution in [3.63, 3.8) is 0 Å². The van der Waals surface area contributed by atoms with Crippen molar-refractivity contribution in [1.29, 1.82) is 0 Å². The predicted molar refractivity (Wildman–Crippen MR) is 99.5 cm³/mol. The topological polar surface area (TPSA) is 6.48 Å². The number of nitrogens with zero attached hydrogens (tertiary/aromatic N) is 2.